The maximum absolute atomic E-state index is 11.9. The molecule has 0 aromatic carbocycles. The van der Waals surface area contributed by atoms with Crippen LogP contribution in [0.3, 0.4) is 0 Å². The summed E-state index contributed by atoms with van der Waals surface area (Å²) >= 11 is 0. The van der Waals surface area contributed by atoms with E-state index in [-0.39, 0.29) is 11.8 Å². The summed E-state index contributed by atoms with van der Waals surface area (Å²) in [4.78, 5) is 25.5. The number of hydrogen-bond donors (Lipinski definition) is 1. The van der Waals surface area contributed by atoms with Gasteiger partial charge in [0, 0.05) is 26.4 Å². The Kier molecular flexibility index (Phi) is 4.90. The van der Waals surface area contributed by atoms with Gasteiger partial charge < -0.3 is 10.2 Å². The topological polar surface area (TPSA) is 65.0 Å². The summed E-state index contributed by atoms with van der Waals surface area (Å²) in [7, 11) is 1.59. The molecule has 106 valence electrons. The zero-order valence-corrected chi connectivity index (χ0v) is 11.5. The lowest BCUT2D eigenvalue weighted by atomic mass is 10.1. The van der Waals surface area contributed by atoms with Crippen molar-refractivity contribution in [1.29, 1.82) is 0 Å². The van der Waals surface area contributed by atoms with Crippen LogP contribution in [0.5, 0.6) is 0 Å². The fourth-order valence-corrected chi connectivity index (χ4v) is 2.45. The van der Waals surface area contributed by atoms with Crippen LogP contribution in [0, 0.1) is 0 Å². The highest BCUT2D eigenvalue weighted by Gasteiger charge is 2.21. The highest BCUT2D eigenvalue weighted by Crippen LogP contribution is 2.08. The van der Waals surface area contributed by atoms with Gasteiger partial charge in [0.2, 0.25) is 5.91 Å². The van der Waals surface area contributed by atoms with Gasteiger partial charge in [-0.15, -0.1) is 0 Å². The van der Waals surface area contributed by atoms with Crippen molar-refractivity contribution in [2.45, 2.75) is 32.1 Å². The van der Waals surface area contributed by atoms with Crippen molar-refractivity contribution in [2.24, 2.45) is 5.10 Å². The molecule has 0 aliphatic carbocycles. The van der Waals surface area contributed by atoms with Gasteiger partial charge in [0.1, 0.15) is 5.71 Å². The Morgan fingerprint density at radius 2 is 2.05 bits per heavy atom. The minimum atomic E-state index is -0.138. The quantitative estimate of drug-likeness (QED) is 0.723. The minimum Gasteiger partial charge on any atom is -0.351 e. The molecular formula is C13H22N4O2. The summed E-state index contributed by atoms with van der Waals surface area (Å²) in [5.41, 5.74) is 0.461. The molecule has 0 radical (unpaired) electrons. The minimum absolute atomic E-state index is 0.0365. The second kappa shape index (κ2) is 6.65. The van der Waals surface area contributed by atoms with Crippen molar-refractivity contribution >= 4 is 17.5 Å². The molecule has 2 amide bonds. The van der Waals surface area contributed by atoms with Crippen LogP contribution in [0.4, 0.5) is 0 Å². The van der Waals surface area contributed by atoms with Crippen molar-refractivity contribution in [3.05, 3.63) is 0 Å². The molecule has 1 saturated heterocycles. The average Bonchev–Trinajstić information content (AvgIpc) is 2.91. The molecule has 2 aliphatic rings. The van der Waals surface area contributed by atoms with E-state index in [1.165, 1.54) is 30.9 Å². The third-order valence-corrected chi connectivity index (χ3v) is 3.60. The van der Waals surface area contributed by atoms with Gasteiger partial charge in [-0.2, -0.15) is 5.10 Å². The fraction of sp³-hybridized carbons (Fsp3) is 0.769. The van der Waals surface area contributed by atoms with Gasteiger partial charge in [-0.25, -0.2) is 5.01 Å². The Labute approximate surface area is 113 Å². The molecule has 0 bridgehead atoms. The number of nitrogens with one attached hydrogen (secondary N) is 1. The van der Waals surface area contributed by atoms with Gasteiger partial charge in [-0.05, 0) is 38.9 Å². The lowest BCUT2D eigenvalue weighted by Crippen LogP contribution is -2.38. The highest BCUT2D eigenvalue weighted by atomic mass is 16.2. The van der Waals surface area contributed by atoms with Crippen molar-refractivity contribution in [3.63, 3.8) is 0 Å². The first-order valence-corrected chi connectivity index (χ1v) is 7.01. The Balaban J connectivity index is 1.66. The van der Waals surface area contributed by atoms with Crippen LogP contribution in [-0.2, 0) is 9.59 Å². The summed E-state index contributed by atoms with van der Waals surface area (Å²) in [6.07, 6.45) is 4.37. The predicted octanol–water partition coefficient (Wildman–Crippen LogP) is 0.197. The van der Waals surface area contributed by atoms with Gasteiger partial charge in [0.05, 0.1) is 0 Å². The van der Waals surface area contributed by atoms with Crippen LogP contribution in [0.15, 0.2) is 5.10 Å². The number of hydrogen-bond acceptors (Lipinski definition) is 4. The molecule has 2 rings (SSSR count). The van der Waals surface area contributed by atoms with E-state index in [4.69, 9.17) is 0 Å². The second-order valence-electron chi connectivity index (χ2n) is 5.12. The molecule has 0 atom stereocenters. The number of rotatable bonds is 5. The summed E-state index contributed by atoms with van der Waals surface area (Å²) in [6, 6.07) is 0. The first kappa shape index (κ1) is 14.0. The number of hydrazone groups is 1. The smallest absolute Gasteiger partial charge is 0.267 e. The van der Waals surface area contributed by atoms with E-state index in [1.807, 2.05) is 0 Å². The molecule has 1 N–H and O–H groups in total. The van der Waals surface area contributed by atoms with Crippen LogP contribution >= 0.6 is 0 Å². The Morgan fingerprint density at radius 1 is 1.32 bits per heavy atom. The van der Waals surface area contributed by atoms with E-state index in [9.17, 15) is 9.59 Å². The maximum atomic E-state index is 11.9. The van der Waals surface area contributed by atoms with Crippen molar-refractivity contribution < 1.29 is 9.59 Å². The van der Waals surface area contributed by atoms with Gasteiger partial charge in [0.25, 0.3) is 5.91 Å². The maximum Gasteiger partial charge on any atom is 0.267 e. The van der Waals surface area contributed by atoms with Crippen LogP contribution < -0.4 is 5.32 Å². The van der Waals surface area contributed by atoms with Gasteiger partial charge in [-0.1, -0.05) is 0 Å². The molecule has 2 heterocycles. The van der Waals surface area contributed by atoms with Crippen LogP contribution in [0.25, 0.3) is 0 Å². The predicted molar refractivity (Wildman–Crippen MR) is 72.7 cm³/mol. The van der Waals surface area contributed by atoms with Gasteiger partial charge in [0.15, 0.2) is 0 Å². The Bertz CT molecular complexity index is 375. The summed E-state index contributed by atoms with van der Waals surface area (Å²) in [5, 5.41) is 8.13. The molecule has 0 unspecified atom stereocenters. The van der Waals surface area contributed by atoms with Crippen molar-refractivity contribution in [2.75, 3.05) is 33.2 Å². The lowest BCUT2D eigenvalue weighted by molar-refractivity contribution is -0.130. The number of carbonyl (C=O) groups is 2. The first-order chi connectivity index (χ1) is 9.16. The second-order valence-corrected chi connectivity index (χ2v) is 5.12. The number of likely N-dealkylation sites (tertiary alicyclic amines) is 1. The van der Waals surface area contributed by atoms with E-state index >= 15 is 0 Å². The lowest BCUT2D eigenvalue weighted by Gasteiger charge is -2.19. The molecule has 1 fully saturated rings. The van der Waals surface area contributed by atoms with Crippen LogP contribution in [0.2, 0.25) is 0 Å². The largest absolute Gasteiger partial charge is 0.351 e. The molecule has 0 saturated carbocycles. The number of carbonyl (C=O) groups excluding carboxylic acids is 2. The summed E-state index contributed by atoms with van der Waals surface area (Å²) in [6.45, 7) is 4.10. The molecule has 0 spiro atoms. The zero-order valence-electron chi connectivity index (χ0n) is 11.5. The SMILES string of the molecule is CN1N=C(C(=O)NCCCN2CCCC2)CCC1=O. The Morgan fingerprint density at radius 3 is 2.74 bits per heavy atom. The first-order valence-electron chi connectivity index (χ1n) is 7.01. The highest BCUT2D eigenvalue weighted by molar-refractivity contribution is 6.39. The molecule has 0 aromatic heterocycles. The number of nitrogens with zero attached hydrogens (tertiary/aromatic N) is 3. The van der Waals surface area contributed by atoms with E-state index in [0.29, 0.717) is 25.1 Å². The third kappa shape index (κ3) is 4.02. The van der Waals surface area contributed by atoms with Gasteiger partial charge >= 0.3 is 0 Å². The Hall–Kier alpha value is -1.43. The molecule has 0 aromatic rings. The van der Waals surface area contributed by atoms with Gasteiger partial charge in [-0.3, -0.25) is 9.59 Å². The molecule has 2 aliphatic heterocycles. The van der Waals surface area contributed by atoms with Crippen molar-refractivity contribution in [3.8, 4) is 0 Å². The summed E-state index contributed by atoms with van der Waals surface area (Å²) < 4.78 is 0. The number of amides is 2. The van der Waals surface area contributed by atoms with Crippen LogP contribution in [-0.4, -0.2) is 60.7 Å². The normalized spacial score (nSPS) is 20.6. The average molecular weight is 266 g/mol. The van der Waals surface area contributed by atoms with E-state index in [1.54, 1.807) is 7.05 Å². The van der Waals surface area contributed by atoms with Crippen LogP contribution in [0.1, 0.15) is 32.1 Å². The monoisotopic (exact) mass is 266 g/mol. The summed E-state index contributed by atoms with van der Waals surface area (Å²) in [5.74, 6) is -0.175. The zero-order chi connectivity index (χ0) is 13.7. The third-order valence-electron chi connectivity index (χ3n) is 3.60. The fourth-order valence-electron chi connectivity index (χ4n) is 2.45. The van der Waals surface area contributed by atoms with E-state index in [0.717, 1.165) is 13.0 Å². The molecular weight excluding hydrogens is 244 g/mol. The molecule has 6 nitrogen and oxygen atoms in total. The van der Waals surface area contributed by atoms with Crippen molar-refractivity contribution in [1.82, 2.24) is 15.2 Å². The molecule has 6 heteroatoms. The standard InChI is InChI=1S/C13H22N4O2/c1-16-12(18)6-5-11(15-16)13(19)14-7-4-10-17-8-2-3-9-17/h2-10H2,1H3,(H,14,19). The van der Waals surface area contributed by atoms with E-state index < -0.39 is 0 Å². The van der Waals surface area contributed by atoms with E-state index in [2.05, 4.69) is 15.3 Å². The molecule has 19 heavy (non-hydrogen) atoms.